The molecule has 0 fully saturated rings. The minimum atomic E-state index is -0.114. The molecule has 1 nitrogen and oxygen atoms in total. The van der Waals surface area contributed by atoms with E-state index in [2.05, 4.69) is 24.1 Å². The second kappa shape index (κ2) is 7.86. The normalized spacial score (nSPS) is 11.7. The van der Waals surface area contributed by atoms with E-state index in [-0.39, 0.29) is 5.82 Å². The lowest BCUT2D eigenvalue weighted by Crippen LogP contribution is -2.31. The van der Waals surface area contributed by atoms with E-state index in [9.17, 15) is 4.39 Å². The Labute approximate surface area is 103 Å². The SMILES string of the molecule is CC#CCCC(Cc1ccccc1F)NCC. The average molecular weight is 233 g/mol. The number of halogens is 1. The lowest BCUT2D eigenvalue weighted by molar-refractivity contribution is 0.485. The van der Waals surface area contributed by atoms with Crippen molar-refractivity contribution in [2.45, 2.75) is 39.2 Å². The third kappa shape index (κ3) is 5.01. The summed E-state index contributed by atoms with van der Waals surface area (Å²) in [6, 6.07) is 7.28. The van der Waals surface area contributed by atoms with E-state index >= 15 is 0 Å². The Kier molecular flexibility index (Phi) is 6.35. The Bertz CT molecular complexity index is 389. The van der Waals surface area contributed by atoms with Crippen LogP contribution in [0.25, 0.3) is 0 Å². The number of hydrogen-bond acceptors (Lipinski definition) is 1. The molecule has 0 radical (unpaired) electrons. The quantitative estimate of drug-likeness (QED) is 0.744. The van der Waals surface area contributed by atoms with Crippen LogP contribution < -0.4 is 5.32 Å². The van der Waals surface area contributed by atoms with E-state index in [1.165, 1.54) is 6.07 Å². The van der Waals surface area contributed by atoms with Crippen LogP contribution >= 0.6 is 0 Å². The number of rotatable bonds is 6. The molecule has 92 valence electrons. The van der Waals surface area contributed by atoms with Crippen molar-refractivity contribution in [3.63, 3.8) is 0 Å². The third-order valence-electron chi connectivity index (χ3n) is 2.71. The van der Waals surface area contributed by atoms with E-state index in [0.717, 1.165) is 31.4 Å². The van der Waals surface area contributed by atoms with Crippen molar-refractivity contribution in [2.24, 2.45) is 0 Å². The first-order valence-electron chi connectivity index (χ1n) is 6.14. The zero-order chi connectivity index (χ0) is 12.5. The maximum Gasteiger partial charge on any atom is 0.126 e. The van der Waals surface area contributed by atoms with E-state index < -0.39 is 0 Å². The van der Waals surface area contributed by atoms with E-state index in [4.69, 9.17) is 0 Å². The predicted octanol–water partition coefficient (Wildman–Crippen LogP) is 3.15. The number of benzene rings is 1. The van der Waals surface area contributed by atoms with Crippen molar-refractivity contribution in [2.75, 3.05) is 6.54 Å². The van der Waals surface area contributed by atoms with Crippen LogP contribution in [0.2, 0.25) is 0 Å². The van der Waals surface area contributed by atoms with Crippen LogP contribution in [0.1, 0.15) is 32.3 Å². The fraction of sp³-hybridized carbons (Fsp3) is 0.467. The molecule has 17 heavy (non-hydrogen) atoms. The van der Waals surface area contributed by atoms with Crippen molar-refractivity contribution >= 4 is 0 Å². The Morgan fingerprint density at radius 3 is 2.76 bits per heavy atom. The molecule has 0 bridgehead atoms. The van der Waals surface area contributed by atoms with Gasteiger partial charge in [0.2, 0.25) is 0 Å². The van der Waals surface area contributed by atoms with Crippen molar-refractivity contribution < 1.29 is 4.39 Å². The summed E-state index contributed by atoms with van der Waals surface area (Å²) in [5, 5.41) is 3.38. The van der Waals surface area contributed by atoms with Crippen LogP contribution in [0.3, 0.4) is 0 Å². The summed E-state index contributed by atoms with van der Waals surface area (Å²) in [6.45, 7) is 4.82. The number of hydrogen-bond donors (Lipinski definition) is 1. The van der Waals surface area contributed by atoms with Gasteiger partial charge in [-0.3, -0.25) is 0 Å². The fourth-order valence-corrected chi connectivity index (χ4v) is 1.87. The molecule has 2 heteroatoms. The molecule has 0 amide bonds. The van der Waals surface area contributed by atoms with Crippen LogP contribution in [0.5, 0.6) is 0 Å². The van der Waals surface area contributed by atoms with Gasteiger partial charge in [-0.1, -0.05) is 25.1 Å². The Morgan fingerprint density at radius 1 is 1.35 bits per heavy atom. The molecule has 1 N–H and O–H groups in total. The first kappa shape index (κ1) is 13.7. The van der Waals surface area contributed by atoms with Gasteiger partial charge < -0.3 is 5.32 Å². The van der Waals surface area contributed by atoms with Gasteiger partial charge in [-0.15, -0.1) is 11.8 Å². The molecule has 0 aromatic heterocycles. The Hall–Kier alpha value is -1.33. The Morgan fingerprint density at radius 2 is 2.12 bits per heavy atom. The first-order chi connectivity index (χ1) is 8.27. The zero-order valence-electron chi connectivity index (χ0n) is 10.6. The van der Waals surface area contributed by atoms with E-state index in [1.807, 2.05) is 19.1 Å². The molecule has 0 aliphatic heterocycles. The number of nitrogens with one attached hydrogen (secondary N) is 1. The summed E-state index contributed by atoms with van der Waals surface area (Å²) < 4.78 is 13.5. The maximum absolute atomic E-state index is 13.5. The molecule has 0 aliphatic rings. The lowest BCUT2D eigenvalue weighted by atomic mass is 10.0. The minimum absolute atomic E-state index is 0.114. The summed E-state index contributed by atoms with van der Waals surface area (Å²) in [5.74, 6) is 5.83. The fourth-order valence-electron chi connectivity index (χ4n) is 1.87. The molecular weight excluding hydrogens is 213 g/mol. The highest BCUT2D eigenvalue weighted by atomic mass is 19.1. The molecule has 1 aromatic rings. The van der Waals surface area contributed by atoms with Crippen molar-refractivity contribution in [1.29, 1.82) is 0 Å². The summed E-state index contributed by atoms with van der Waals surface area (Å²) in [7, 11) is 0. The second-order valence-electron chi connectivity index (χ2n) is 4.02. The van der Waals surface area contributed by atoms with Crippen LogP contribution in [0, 0.1) is 17.7 Å². The monoisotopic (exact) mass is 233 g/mol. The van der Waals surface area contributed by atoms with Crippen molar-refractivity contribution in [3.05, 3.63) is 35.6 Å². The molecule has 1 atom stereocenters. The zero-order valence-corrected chi connectivity index (χ0v) is 10.6. The largest absolute Gasteiger partial charge is 0.314 e. The third-order valence-corrected chi connectivity index (χ3v) is 2.71. The van der Waals surface area contributed by atoms with Gasteiger partial charge in [0.05, 0.1) is 0 Å². The van der Waals surface area contributed by atoms with E-state index in [1.54, 1.807) is 6.07 Å². The van der Waals surface area contributed by atoms with Gasteiger partial charge in [0.1, 0.15) is 5.82 Å². The predicted molar refractivity (Wildman–Crippen MR) is 70.3 cm³/mol. The molecule has 0 saturated heterocycles. The lowest BCUT2D eigenvalue weighted by Gasteiger charge is -2.17. The van der Waals surface area contributed by atoms with Gasteiger partial charge in [-0.25, -0.2) is 4.39 Å². The van der Waals surface area contributed by atoms with Gasteiger partial charge in [-0.05, 0) is 37.9 Å². The number of likely N-dealkylation sites (N-methyl/N-ethyl adjacent to an activating group) is 1. The second-order valence-corrected chi connectivity index (χ2v) is 4.02. The molecule has 0 saturated carbocycles. The maximum atomic E-state index is 13.5. The van der Waals surface area contributed by atoms with Gasteiger partial charge in [0.15, 0.2) is 0 Å². The highest BCUT2D eigenvalue weighted by Gasteiger charge is 2.10. The van der Waals surface area contributed by atoms with Gasteiger partial charge in [-0.2, -0.15) is 0 Å². The average Bonchev–Trinajstić information content (AvgIpc) is 2.32. The molecule has 0 heterocycles. The van der Waals surface area contributed by atoms with Crippen LogP contribution in [-0.4, -0.2) is 12.6 Å². The van der Waals surface area contributed by atoms with E-state index in [0.29, 0.717) is 6.04 Å². The smallest absolute Gasteiger partial charge is 0.126 e. The summed E-state index contributed by atoms with van der Waals surface area (Å²) in [6.07, 6.45) is 2.55. The standard InChI is InChI=1S/C15H20FN/c1-3-5-6-10-14(17-4-2)12-13-9-7-8-11-15(13)16/h7-9,11,14,17H,4,6,10,12H2,1-2H3. The molecule has 0 aliphatic carbocycles. The van der Waals surface area contributed by atoms with Crippen LogP contribution in [0.4, 0.5) is 4.39 Å². The minimum Gasteiger partial charge on any atom is -0.314 e. The Balaban J connectivity index is 2.58. The highest BCUT2D eigenvalue weighted by Crippen LogP contribution is 2.11. The summed E-state index contributed by atoms with van der Waals surface area (Å²) in [4.78, 5) is 0. The molecule has 1 aromatic carbocycles. The topological polar surface area (TPSA) is 12.0 Å². The molecule has 1 unspecified atom stereocenters. The molecule has 0 spiro atoms. The highest BCUT2D eigenvalue weighted by molar-refractivity contribution is 5.18. The van der Waals surface area contributed by atoms with Crippen LogP contribution in [0.15, 0.2) is 24.3 Å². The van der Waals surface area contributed by atoms with Crippen molar-refractivity contribution in [1.82, 2.24) is 5.32 Å². The van der Waals surface area contributed by atoms with Gasteiger partial charge >= 0.3 is 0 Å². The molecule has 1 rings (SSSR count). The summed E-state index contributed by atoms with van der Waals surface area (Å²) >= 11 is 0. The van der Waals surface area contributed by atoms with Crippen molar-refractivity contribution in [3.8, 4) is 11.8 Å². The first-order valence-corrected chi connectivity index (χ1v) is 6.14. The van der Waals surface area contributed by atoms with Gasteiger partial charge in [0.25, 0.3) is 0 Å². The summed E-state index contributed by atoms with van der Waals surface area (Å²) in [5.41, 5.74) is 0.780. The van der Waals surface area contributed by atoms with Gasteiger partial charge in [0, 0.05) is 12.5 Å². The molecular formula is C15H20FN. The van der Waals surface area contributed by atoms with Crippen LogP contribution in [-0.2, 0) is 6.42 Å².